The number of rotatable bonds is 5. The van der Waals surface area contributed by atoms with Crippen molar-refractivity contribution >= 4 is 21.6 Å². The van der Waals surface area contributed by atoms with Gasteiger partial charge in [-0.3, -0.25) is 0 Å². The summed E-state index contributed by atoms with van der Waals surface area (Å²) in [5.41, 5.74) is 0.978. The van der Waals surface area contributed by atoms with Crippen molar-refractivity contribution < 1.29 is 4.39 Å². The van der Waals surface area contributed by atoms with Crippen LogP contribution in [0.1, 0.15) is 20.3 Å². The van der Waals surface area contributed by atoms with Crippen LogP contribution < -0.4 is 10.2 Å². The van der Waals surface area contributed by atoms with Gasteiger partial charge in [-0.25, -0.2) is 4.39 Å². The van der Waals surface area contributed by atoms with E-state index in [-0.39, 0.29) is 5.82 Å². The summed E-state index contributed by atoms with van der Waals surface area (Å²) in [7, 11) is 0. The van der Waals surface area contributed by atoms with Crippen molar-refractivity contribution in [2.75, 3.05) is 31.1 Å². The third kappa shape index (κ3) is 4.18. The minimum absolute atomic E-state index is 0.167. The van der Waals surface area contributed by atoms with Crippen molar-refractivity contribution in [3.63, 3.8) is 0 Å². The zero-order valence-electron chi connectivity index (χ0n) is 11.6. The molecule has 0 radical (unpaired) electrons. The van der Waals surface area contributed by atoms with Crippen molar-refractivity contribution in [2.45, 2.75) is 20.3 Å². The Morgan fingerprint density at radius 2 is 2.26 bits per heavy atom. The van der Waals surface area contributed by atoms with Crippen LogP contribution >= 0.6 is 15.9 Å². The Balaban J connectivity index is 1.89. The number of halogens is 2. The second-order valence-electron chi connectivity index (χ2n) is 5.75. The molecule has 1 aromatic carbocycles. The molecule has 0 aromatic heterocycles. The molecule has 0 amide bonds. The van der Waals surface area contributed by atoms with Crippen LogP contribution in [0.2, 0.25) is 0 Å². The van der Waals surface area contributed by atoms with Gasteiger partial charge in [0.1, 0.15) is 5.82 Å². The Morgan fingerprint density at radius 3 is 3.00 bits per heavy atom. The van der Waals surface area contributed by atoms with E-state index in [1.165, 1.54) is 12.5 Å². The number of nitrogens with zero attached hydrogens (tertiary/aromatic N) is 1. The van der Waals surface area contributed by atoms with Crippen LogP contribution in [0.3, 0.4) is 0 Å². The van der Waals surface area contributed by atoms with Gasteiger partial charge in [0.2, 0.25) is 0 Å². The smallest absolute Gasteiger partial charge is 0.125 e. The molecule has 1 unspecified atom stereocenters. The van der Waals surface area contributed by atoms with E-state index in [1.54, 1.807) is 12.1 Å². The van der Waals surface area contributed by atoms with Gasteiger partial charge in [-0.1, -0.05) is 13.8 Å². The molecule has 0 bridgehead atoms. The lowest BCUT2D eigenvalue weighted by Crippen LogP contribution is -2.28. The molecular weight excluding hydrogens is 307 g/mol. The molecule has 4 heteroatoms. The maximum Gasteiger partial charge on any atom is 0.125 e. The molecule has 0 aliphatic carbocycles. The van der Waals surface area contributed by atoms with Crippen LogP contribution in [0.5, 0.6) is 0 Å². The molecule has 1 aliphatic rings. The van der Waals surface area contributed by atoms with Crippen molar-refractivity contribution in [2.24, 2.45) is 11.8 Å². The largest absolute Gasteiger partial charge is 0.370 e. The molecule has 106 valence electrons. The molecule has 1 heterocycles. The van der Waals surface area contributed by atoms with Crippen LogP contribution in [0.15, 0.2) is 22.7 Å². The van der Waals surface area contributed by atoms with Gasteiger partial charge in [0.15, 0.2) is 0 Å². The summed E-state index contributed by atoms with van der Waals surface area (Å²) >= 11 is 3.51. The first-order valence-electron chi connectivity index (χ1n) is 6.97. The SMILES string of the molecule is CC(C)CNCC1CCN(c2cc(F)ccc2Br)C1. The van der Waals surface area contributed by atoms with Gasteiger partial charge < -0.3 is 10.2 Å². The fraction of sp³-hybridized carbons (Fsp3) is 0.600. The Labute approximate surface area is 123 Å². The average Bonchev–Trinajstić information content (AvgIpc) is 2.80. The minimum atomic E-state index is -0.167. The maximum absolute atomic E-state index is 13.3. The number of anilines is 1. The van der Waals surface area contributed by atoms with Gasteiger partial charge in [-0.2, -0.15) is 0 Å². The fourth-order valence-electron chi connectivity index (χ4n) is 2.52. The predicted molar refractivity (Wildman–Crippen MR) is 82.1 cm³/mol. The fourth-order valence-corrected chi connectivity index (χ4v) is 3.02. The van der Waals surface area contributed by atoms with Gasteiger partial charge in [0.25, 0.3) is 0 Å². The Bertz CT molecular complexity index is 423. The number of hydrogen-bond donors (Lipinski definition) is 1. The molecule has 2 rings (SSSR count). The van der Waals surface area contributed by atoms with Gasteiger partial charge in [-0.15, -0.1) is 0 Å². The Kier molecular flexibility index (Phi) is 5.22. The zero-order valence-corrected chi connectivity index (χ0v) is 13.2. The van der Waals surface area contributed by atoms with Crippen LogP contribution in [-0.2, 0) is 0 Å². The normalized spacial score (nSPS) is 19.4. The van der Waals surface area contributed by atoms with E-state index in [9.17, 15) is 4.39 Å². The van der Waals surface area contributed by atoms with Crippen LogP contribution in [0.4, 0.5) is 10.1 Å². The molecular formula is C15H22BrFN2. The number of nitrogens with one attached hydrogen (secondary N) is 1. The lowest BCUT2D eigenvalue weighted by Gasteiger charge is -2.20. The number of hydrogen-bond acceptors (Lipinski definition) is 2. The van der Waals surface area contributed by atoms with Crippen molar-refractivity contribution in [1.29, 1.82) is 0 Å². The highest BCUT2D eigenvalue weighted by Crippen LogP contribution is 2.31. The van der Waals surface area contributed by atoms with Gasteiger partial charge in [-0.05, 0) is 65.5 Å². The minimum Gasteiger partial charge on any atom is -0.370 e. The topological polar surface area (TPSA) is 15.3 Å². The van der Waals surface area contributed by atoms with Crippen molar-refractivity contribution in [3.05, 3.63) is 28.5 Å². The van der Waals surface area contributed by atoms with E-state index in [4.69, 9.17) is 0 Å². The zero-order chi connectivity index (χ0) is 13.8. The molecule has 19 heavy (non-hydrogen) atoms. The summed E-state index contributed by atoms with van der Waals surface area (Å²) in [6.45, 7) is 8.58. The third-order valence-electron chi connectivity index (χ3n) is 3.52. The second kappa shape index (κ2) is 6.71. The van der Waals surface area contributed by atoms with E-state index in [0.29, 0.717) is 11.8 Å². The summed E-state index contributed by atoms with van der Waals surface area (Å²) < 4.78 is 14.3. The molecule has 1 fully saturated rings. The van der Waals surface area contributed by atoms with E-state index in [0.717, 1.165) is 36.3 Å². The molecule has 1 aromatic rings. The highest BCUT2D eigenvalue weighted by atomic mass is 79.9. The molecule has 1 atom stereocenters. The molecule has 1 N–H and O–H groups in total. The van der Waals surface area contributed by atoms with Gasteiger partial charge in [0.05, 0.1) is 5.69 Å². The van der Waals surface area contributed by atoms with E-state index >= 15 is 0 Å². The van der Waals surface area contributed by atoms with Gasteiger partial charge in [0, 0.05) is 17.6 Å². The average molecular weight is 329 g/mol. The summed E-state index contributed by atoms with van der Waals surface area (Å²) in [4.78, 5) is 2.27. The second-order valence-corrected chi connectivity index (χ2v) is 6.60. The first-order valence-corrected chi connectivity index (χ1v) is 7.76. The summed E-state index contributed by atoms with van der Waals surface area (Å²) in [6, 6.07) is 4.90. The molecule has 0 spiro atoms. The monoisotopic (exact) mass is 328 g/mol. The molecule has 2 nitrogen and oxygen atoms in total. The quantitative estimate of drug-likeness (QED) is 0.887. The Morgan fingerprint density at radius 1 is 1.47 bits per heavy atom. The predicted octanol–water partition coefficient (Wildman–Crippen LogP) is 3.66. The summed E-state index contributed by atoms with van der Waals surface area (Å²) in [5.74, 6) is 1.18. The molecule has 1 saturated heterocycles. The van der Waals surface area contributed by atoms with Crippen molar-refractivity contribution in [1.82, 2.24) is 5.32 Å². The summed E-state index contributed by atoms with van der Waals surface area (Å²) in [6.07, 6.45) is 1.17. The maximum atomic E-state index is 13.3. The lowest BCUT2D eigenvalue weighted by atomic mass is 10.1. The van der Waals surface area contributed by atoms with E-state index in [2.05, 4.69) is 40.0 Å². The third-order valence-corrected chi connectivity index (χ3v) is 4.19. The Hall–Kier alpha value is -0.610. The first-order chi connectivity index (χ1) is 9.06. The molecule has 1 aliphatic heterocycles. The first kappa shape index (κ1) is 14.8. The van der Waals surface area contributed by atoms with Crippen molar-refractivity contribution in [3.8, 4) is 0 Å². The standard InChI is InChI=1S/C15H22BrFN2/c1-11(2)8-18-9-12-5-6-19(10-12)15-7-13(17)3-4-14(15)16/h3-4,7,11-12,18H,5-6,8-10H2,1-2H3. The van der Waals surface area contributed by atoms with Crippen LogP contribution in [0, 0.1) is 17.7 Å². The number of benzene rings is 1. The van der Waals surface area contributed by atoms with Crippen LogP contribution in [0.25, 0.3) is 0 Å². The van der Waals surface area contributed by atoms with E-state index in [1.807, 2.05) is 0 Å². The summed E-state index contributed by atoms with van der Waals surface area (Å²) in [5, 5.41) is 3.51. The highest BCUT2D eigenvalue weighted by molar-refractivity contribution is 9.10. The van der Waals surface area contributed by atoms with Gasteiger partial charge >= 0.3 is 0 Å². The lowest BCUT2D eigenvalue weighted by molar-refractivity contribution is 0.477. The van der Waals surface area contributed by atoms with E-state index < -0.39 is 0 Å². The highest BCUT2D eigenvalue weighted by Gasteiger charge is 2.23. The molecule has 0 saturated carbocycles. The van der Waals surface area contributed by atoms with Crippen LogP contribution in [-0.4, -0.2) is 26.2 Å².